The van der Waals surface area contributed by atoms with Gasteiger partial charge in [0.1, 0.15) is 16.5 Å². The number of amides is 1. The van der Waals surface area contributed by atoms with Gasteiger partial charge in [0.15, 0.2) is 0 Å². The van der Waals surface area contributed by atoms with Crippen LogP contribution in [-0.2, 0) is 14.8 Å². The lowest BCUT2D eigenvalue weighted by Crippen LogP contribution is -2.51. The molecule has 120 valence electrons. The number of sulfonamides is 1. The van der Waals surface area contributed by atoms with Crippen molar-refractivity contribution in [1.82, 2.24) is 9.21 Å². The summed E-state index contributed by atoms with van der Waals surface area (Å²) in [5, 5.41) is 0. The van der Waals surface area contributed by atoms with Crippen LogP contribution >= 0.6 is 0 Å². The maximum absolute atomic E-state index is 13.7. The summed E-state index contributed by atoms with van der Waals surface area (Å²) in [4.78, 5) is 13.1. The Morgan fingerprint density at radius 2 is 1.73 bits per heavy atom. The van der Waals surface area contributed by atoms with Crippen LogP contribution in [0.4, 0.5) is 8.78 Å². The van der Waals surface area contributed by atoms with Crippen LogP contribution in [0.25, 0.3) is 0 Å². The predicted octanol–water partition coefficient (Wildman–Crippen LogP) is 1.21. The molecule has 1 aliphatic carbocycles. The van der Waals surface area contributed by atoms with E-state index in [1.807, 2.05) is 0 Å². The van der Waals surface area contributed by atoms with Gasteiger partial charge in [-0.3, -0.25) is 4.79 Å². The third kappa shape index (κ3) is 2.85. The van der Waals surface area contributed by atoms with E-state index >= 15 is 0 Å². The van der Waals surface area contributed by atoms with E-state index in [1.165, 1.54) is 0 Å². The van der Waals surface area contributed by atoms with Gasteiger partial charge in [0.25, 0.3) is 0 Å². The Morgan fingerprint density at radius 3 is 2.27 bits per heavy atom. The molecule has 0 radical (unpaired) electrons. The zero-order valence-corrected chi connectivity index (χ0v) is 12.7. The largest absolute Gasteiger partial charge is 0.340 e. The fourth-order valence-corrected chi connectivity index (χ4v) is 4.03. The molecule has 3 rings (SSSR count). The lowest BCUT2D eigenvalue weighted by molar-refractivity contribution is -0.133. The molecule has 1 aromatic carbocycles. The molecule has 0 bridgehead atoms. The maximum atomic E-state index is 13.7. The molecule has 1 amide bonds. The van der Waals surface area contributed by atoms with Gasteiger partial charge in [-0.25, -0.2) is 17.2 Å². The van der Waals surface area contributed by atoms with Crippen molar-refractivity contribution in [3.63, 3.8) is 0 Å². The van der Waals surface area contributed by atoms with Crippen LogP contribution in [0.15, 0.2) is 23.1 Å². The quantitative estimate of drug-likeness (QED) is 0.837. The molecule has 0 spiro atoms. The third-order valence-corrected chi connectivity index (χ3v) is 5.92. The molecule has 22 heavy (non-hydrogen) atoms. The zero-order valence-electron chi connectivity index (χ0n) is 11.8. The SMILES string of the molecule is O=C(C1CC1)N1CCN(S(=O)(=O)c2ccc(F)cc2F)CC1. The van der Waals surface area contributed by atoms with Gasteiger partial charge in [-0.1, -0.05) is 0 Å². The smallest absolute Gasteiger partial charge is 0.246 e. The number of halogens is 2. The first-order valence-corrected chi connectivity index (χ1v) is 8.57. The van der Waals surface area contributed by atoms with Crippen LogP contribution in [0.5, 0.6) is 0 Å². The van der Waals surface area contributed by atoms with Gasteiger partial charge in [0.05, 0.1) is 0 Å². The normalized spacial score (nSPS) is 20.2. The highest BCUT2D eigenvalue weighted by Crippen LogP contribution is 2.31. The number of benzene rings is 1. The lowest BCUT2D eigenvalue weighted by Gasteiger charge is -2.34. The minimum Gasteiger partial charge on any atom is -0.340 e. The molecule has 2 aliphatic rings. The third-order valence-electron chi connectivity index (χ3n) is 3.99. The lowest BCUT2D eigenvalue weighted by atomic mass is 10.3. The summed E-state index contributed by atoms with van der Waals surface area (Å²) in [6.07, 6.45) is 1.80. The monoisotopic (exact) mass is 330 g/mol. The molecule has 0 unspecified atom stereocenters. The Labute approximate surface area is 127 Å². The Morgan fingerprint density at radius 1 is 1.09 bits per heavy atom. The number of carbonyl (C=O) groups excluding carboxylic acids is 1. The first-order valence-electron chi connectivity index (χ1n) is 7.13. The molecule has 1 aromatic rings. The number of nitrogens with zero attached hydrogens (tertiary/aromatic N) is 2. The molecule has 0 N–H and O–H groups in total. The van der Waals surface area contributed by atoms with E-state index in [0.29, 0.717) is 19.2 Å². The van der Waals surface area contributed by atoms with Crippen LogP contribution in [0.1, 0.15) is 12.8 Å². The van der Waals surface area contributed by atoms with Crippen molar-refractivity contribution in [2.45, 2.75) is 17.7 Å². The minimum atomic E-state index is -4.01. The van der Waals surface area contributed by atoms with E-state index in [1.54, 1.807) is 4.90 Å². The average molecular weight is 330 g/mol. The summed E-state index contributed by atoms with van der Waals surface area (Å²) >= 11 is 0. The van der Waals surface area contributed by atoms with Crippen LogP contribution in [0.3, 0.4) is 0 Å². The fraction of sp³-hybridized carbons (Fsp3) is 0.500. The molecule has 1 aliphatic heterocycles. The molecule has 8 heteroatoms. The number of carbonyl (C=O) groups is 1. The first kappa shape index (κ1) is 15.4. The summed E-state index contributed by atoms with van der Waals surface area (Å²) in [7, 11) is -4.01. The second-order valence-electron chi connectivity index (χ2n) is 5.58. The van der Waals surface area contributed by atoms with Crippen molar-refractivity contribution in [3.8, 4) is 0 Å². The molecule has 1 saturated heterocycles. The van der Waals surface area contributed by atoms with Crippen molar-refractivity contribution in [2.75, 3.05) is 26.2 Å². The van der Waals surface area contributed by atoms with Crippen molar-refractivity contribution in [3.05, 3.63) is 29.8 Å². The van der Waals surface area contributed by atoms with Crippen molar-refractivity contribution in [2.24, 2.45) is 5.92 Å². The van der Waals surface area contributed by atoms with E-state index in [9.17, 15) is 22.0 Å². The number of hydrogen-bond donors (Lipinski definition) is 0. The van der Waals surface area contributed by atoms with Crippen molar-refractivity contribution in [1.29, 1.82) is 0 Å². The maximum Gasteiger partial charge on any atom is 0.246 e. The highest BCUT2D eigenvalue weighted by atomic mass is 32.2. The van der Waals surface area contributed by atoms with Gasteiger partial charge in [-0.2, -0.15) is 4.31 Å². The Kier molecular flexibility index (Phi) is 3.90. The van der Waals surface area contributed by atoms with E-state index < -0.39 is 26.6 Å². The first-order chi connectivity index (χ1) is 10.4. The van der Waals surface area contributed by atoms with Gasteiger partial charge in [0.2, 0.25) is 15.9 Å². The highest BCUT2D eigenvalue weighted by Gasteiger charge is 2.37. The molecule has 5 nitrogen and oxygen atoms in total. The number of rotatable bonds is 3. The van der Waals surface area contributed by atoms with E-state index in [2.05, 4.69) is 0 Å². The summed E-state index contributed by atoms with van der Waals surface area (Å²) < 4.78 is 52.6. The summed E-state index contributed by atoms with van der Waals surface area (Å²) in [5.41, 5.74) is 0. The van der Waals surface area contributed by atoms with Crippen LogP contribution in [0.2, 0.25) is 0 Å². The van der Waals surface area contributed by atoms with E-state index in [4.69, 9.17) is 0 Å². The van der Waals surface area contributed by atoms with Gasteiger partial charge in [0, 0.05) is 38.2 Å². The Bertz CT molecular complexity index is 696. The van der Waals surface area contributed by atoms with Crippen LogP contribution in [-0.4, -0.2) is 49.7 Å². The summed E-state index contributed by atoms with van der Waals surface area (Å²) in [5.74, 6) is -1.75. The molecule has 2 fully saturated rings. The second-order valence-corrected chi connectivity index (χ2v) is 7.48. The topological polar surface area (TPSA) is 57.7 Å². The van der Waals surface area contributed by atoms with Gasteiger partial charge in [-0.15, -0.1) is 0 Å². The molecular weight excluding hydrogens is 314 g/mol. The standard InChI is InChI=1S/C14H16F2N2O3S/c15-11-3-4-13(12(16)9-11)22(20,21)18-7-5-17(6-8-18)14(19)10-1-2-10/h3-4,9-10H,1-2,5-8H2. The van der Waals surface area contributed by atoms with Gasteiger partial charge < -0.3 is 4.90 Å². The van der Waals surface area contributed by atoms with Crippen LogP contribution in [0, 0.1) is 17.6 Å². The van der Waals surface area contributed by atoms with Gasteiger partial charge in [-0.05, 0) is 25.0 Å². The fourth-order valence-electron chi connectivity index (χ4n) is 2.56. The summed E-state index contributed by atoms with van der Waals surface area (Å²) in [6.45, 7) is 0.851. The Balaban J connectivity index is 1.72. The number of hydrogen-bond acceptors (Lipinski definition) is 3. The van der Waals surface area contributed by atoms with Gasteiger partial charge >= 0.3 is 0 Å². The van der Waals surface area contributed by atoms with E-state index in [0.717, 1.165) is 29.3 Å². The Hall–Kier alpha value is -1.54. The second kappa shape index (κ2) is 5.58. The van der Waals surface area contributed by atoms with Crippen molar-refractivity contribution < 1.29 is 22.0 Å². The molecular formula is C14H16F2N2O3S. The van der Waals surface area contributed by atoms with Crippen molar-refractivity contribution >= 4 is 15.9 Å². The molecule has 0 atom stereocenters. The van der Waals surface area contributed by atoms with Crippen LogP contribution < -0.4 is 0 Å². The highest BCUT2D eigenvalue weighted by molar-refractivity contribution is 7.89. The summed E-state index contributed by atoms with van der Waals surface area (Å²) in [6, 6.07) is 2.41. The van der Waals surface area contributed by atoms with E-state index in [-0.39, 0.29) is 24.9 Å². The molecule has 0 aromatic heterocycles. The predicted molar refractivity (Wildman–Crippen MR) is 74.4 cm³/mol. The zero-order chi connectivity index (χ0) is 15.9. The molecule has 1 heterocycles. The molecule has 1 saturated carbocycles. The number of piperazine rings is 1. The minimum absolute atomic E-state index is 0.0741. The average Bonchev–Trinajstić information content (AvgIpc) is 3.31.